The molecule has 0 saturated carbocycles. The van der Waals surface area contributed by atoms with Crippen LogP contribution in [-0.4, -0.2) is 6.36 Å². The molecular weight excluding hydrogens is 371 g/mol. The molecule has 0 atom stereocenters. The number of alkyl halides is 3. The van der Waals surface area contributed by atoms with E-state index in [1.165, 1.54) is 18.2 Å². The average molecular weight is 381 g/mol. The van der Waals surface area contributed by atoms with Gasteiger partial charge in [0.15, 0.2) is 0 Å². The van der Waals surface area contributed by atoms with Crippen molar-refractivity contribution < 1.29 is 17.9 Å². The zero-order valence-electron chi connectivity index (χ0n) is 10.5. The van der Waals surface area contributed by atoms with Crippen LogP contribution in [0.25, 0.3) is 0 Å². The molecule has 2 nitrogen and oxygen atoms in total. The molecule has 0 amide bonds. The van der Waals surface area contributed by atoms with Gasteiger partial charge in [0.05, 0.1) is 0 Å². The summed E-state index contributed by atoms with van der Waals surface area (Å²) < 4.78 is 41.1. The molecule has 0 unspecified atom stereocenters. The van der Waals surface area contributed by atoms with Gasteiger partial charge in [-0.15, -0.1) is 13.2 Å². The standard InChI is InChI=1S/C14H10BrClF3NO/c15-12-7-10(16)4-5-13(12)20-8-9-2-1-3-11(6-9)21-14(17,18)19/h1-7,20H,8H2. The van der Waals surface area contributed by atoms with Gasteiger partial charge in [0.25, 0.3) is 0 Å². The maximum Gasteiger partial charge on any atom is 0.573 e. The summed E-state index contributed by atoms with van der Waals surface area (Å²) in [7, 11) is 0. The summed E-state index contributed by atoms with van der Waals surface area (Å²) >= 11 is 9.19. The van der Waals surface area contributed by atoms with Crippen LogP contribution in [0.1, 0.15) is 5.56 Å². The third-order valence-electron chi connectivity index (χ3n) is 2.55. The average Bonchev–Trinajstić information content (AvgIpc) is 2.36. The van der Waals surface area contributed by atoms with E-state index in [9.17, 15) is 13.2 Å². The lowest BCUT2D eigenvalue weighted by Crippen LogP contribution is -2.17. The molecular formula is C14H10BrClF3NO. The van der Waals surface area contributed by atoms with Crippen LogP contribution in [0.15, 0.2) is 46.9 Å². The summed E-state index contributed by atoms with van der Waals surface area (Å²) in [4.78, 5) is 0. The van der Waals surface area contributed by atoms with Crippen molar-refractivity contribution >= 4 is 33.2 Å². The molecule has 0 aliphatic heterocycles. The number of benzene rings is 2. The number of ether oxygens (including phenoxy) is 1. The normalized spacial score (nSPS) is 11.3. The number of hydrogen-bond acceptors (Lipinski definition) is 2. The first-order valence-corrected chi connectivity index (χ1v) is 7.04. The van der Waals surface area contributed by atoms with Gasteiger partial charge in [0.2, 0.25) is 0 Å². The van der Waals surface area contributed by atoms with Gasteiger partial charge in [-0.25, -0.2) is 0 Å². The summed E-state index contributed by atoms with van der Waals surface area (Å²) in [6, 6.07) is 11.0. The summed E-state index contributed by atoms with van der Waals surface area (Å²) in [5, 5.41) is 3.69. The smallest absolute Gasteiger partial charge is 0.406 e. The maximum absolute atomic E-state index is 12.2. The van der Waals surface area contributed by atoms with E-state index < -0.39 is 6.36 Å². The van der Waals surface area contributed by atoms with Gasteiger partial charge in [-0.2, -0.15) is 0 Å². The van der Waals surface area contributed by atoms with Gasteiger partial charge in [-0.3, -0.25) is 0 Å². The van der Waals surface area contributed by atoms with Crippen LogP contribution in [0, 0.1) is 0 Å². The molecule has 2 aromatic rings. The first kappa shape index (κ1) is 16.0. The number of hydrogen-bond donors (Lipinski definition) is 1. The second-order valence-electron chi connectivity index (χ2n) is 4.17. The highest BCUT2D eigenvalue weighted by Gasteiger charge is 2.31. The second-order valence-corrected chi connectivity index (χ2v) is 5.46. The molecule has 0 bridgehead atoms. The van der Waals surface area contributed by atoms with Crippen molar-refractivity contribution in [3.63, 3.8) is 0 Å². The van der Waals surface area contributed by atoms with E-state index in [2.05, 4.69) is 26.0 Å². The molecule has 0 saturated heterocycles. The SMILES string of the molecule is FC(F)(F)Oc1cccc(CNc2ccc(Cl)cc2Br)c1. The number of halogens is 5. The van der Waals surface area contributed by atoms with Crippen molar-refractivity contribution in [2.45, 2.75) is 12.9 Å². The highest BCUT2D eigenvalue weighted by Crippen LogP contribution is 2.27. The van der Waals surface area contributed by atoms with Crippen molar-refractivity contribution in [1.82, 2.24) is 0 Å². The Labute approximate surface area is 133 Å². The Morgan fingerprint density at radius 3 is 2.57 bits per heavy atom. The minimum absolute atomic E-state index is 0.239. The van der Waals surface area contributed by atoms with Crippen LogP contribution >= 0.6 is 27.5 Å². The summed E-state index contributed by atoms with van der Waals surface area (Å²) in [5.74, 6) is -0.239. The number of rotatable bonds is 4. The van der Waals surface area contributed by atoms with Crippen LogP contribution in [0.5, 0.6) is 5.75 Å². The monoisotopic (exact) mass is 379 g/mol. The molecule has 0 aliphatic carbocycles. The van der Waals surface area contributed by atoms with Crippen molar-refractivity contribution in [2.24, 2.45) is 0 Å². The van der Waals surface area contributed by atoms with Crippen molar-refractivity contribution in [3.05, 3.63) is 57.5 Å². The fraction of sp³-hybridized carbons (Fsp3) is 0.143. The Kier molecular flexibility index (Phi) is 5.00. The van der Waals surface area contributed by atoms with Gasteiger partial charge in [0, 0.05) is 21.7 Å². The molecule has 0 aromatic heterocycles. The van der Waals surface area contributed by atoms with Gasteiger partial charge in [-0.05, 0) is 51.8 Å². The molecule has 0 heterocycles. The zero-order chi connectivity index (χ0) is 15.5. The highest BCUT2D eigenvalue weighted by atomic mass is 79.9. The fourth-order valence-electron chi connectivity index (χ4n) is 1.68. The molecule has 0 aliphatic rings. The quantitative estimate of drug-likeness (QED) is 0.744. The maximum atomic E-state index is 12.2. The third-order valence-corrected chi connectivity index (χ3v) is 3.44. The first-order chi connectivity index (χ1) is 9.83. The van der Waals surface area contributed by atoms with Crippen molar-refractivity contribution in [1.29, 1.82) is 0 Å². The first-order valence-electron chi connectivity index (χ1n) is 5.87. The number of anilines is 1. The van der Waals surface area contributed by atoms with E-state index >= 15 is 0 Å². The predicted molar refractivity (Wildman–Crippen MR) is 79.6 cm³/mol. The van der Waals surface area contributed by atoms with Crippen LogP contribution in [0.4, 0.5) is 18.9 Å². The molecule has 0 spiro atoms. The van der Waals surface area contributed by atoms with Gasteiger partial charge >= 0.3 is 6.36 Å². The fourth-order valence-corrected chi connectivity index (χ4v) is 2.51. The lowest BCUT2D eigenvalue weighted by Gasteiger charge is -2.12. The van der Waals surface area contributed by atoms with Crippen molar-refractivity contribution in [3.8, 4) is 5.75 Å². The van der Waals surface area contributed by atoms with E-state index in [1.54, 1.807) is 24.3 Å². The minimum atomic E-state index is -4.69. The molecule has 112 valence electrons. The molecule has 0 radical (unpaired) electrons. The Bertz CT molecular complexity index is 634. The second kappa shape index (κ2) is 6.58. The summed E-state index contributed by atoms with van der Waals surface area (Å²) in [6.07, 6.45) is -4.69. The summed E-state index contributed by atoms with van der Waals surface area (Å²) in [6.45, 7) is 0.356. The van der Waals surface area contributed by atoms with Crippen LogP contribution < -0.4 is 10.1 Å². The molecule has 0 fully saturated rings. The highest BCUT2D eigenvalue weighted by molar-refractivity contribution is 9.10. The van der Waals surface area contributed by atoms with Gasteiger partial charge < -0.3 is 10.1 Å². The molecule has 7 heteroatoms. The van der Waals surface area contributed by atoms with Gasteiger partial charge in [-0.1, -0.05) is 23.7 Å². The Balaban J connectivity index is 2.05. The minimum Gasteiger partial charge on any atom is -0.406 e. The predicted octanol–water partition coefficient (Wildman–Crippen LogP) is 5.61. The Morgan fingerprint density at radius 2 is 1.90 bits per heavy atom. The topological polar surface area (TPSA) is 21.3 Å². The lowest BCUT2D eigenvalue weighted by molar-refractivity contribution is -0.274. The number of nitrogens with one attached hydrogen (secondary N) is 1. The third kappa shape index (κ3) is 5.13. The van der Waals surface area contributed by atoms with Crippen LogP contribution in [0.2, 0.25) is 5.02 Å². The molecule has 2 rings (SSSR count). The molecule has 2 aromatic carbocycles. The largest absolute Gasteiger partial charge is 0.573 e. The van der Waals surface area contributed by atoms with E-state index in [-0.39, 0.29) is 5.75 Å². The molecule has 1 N–H and O–H groups in total. The van der Waals surface area contributed by atoms with Gasteiger partial charge in [0.1, 0.15) is 5.75 Å². The van der Waals surface area contributed by atoms with E-state index in [0.717, 1.165) is 10.2 Å². The van der Waals surface area contributed by atoms with E-state index in [0.29, 0.717) is 17.1 Å². The summed E-state index contributed by atoms with van der Waals surface area (Å²) in [5.41, 5.74) is 1.46. The Morgan fingerprint density at radius 1 is 1.14 bits per heavy atom. The Hall–Kier alpha value is -1.40. The van der Waals surface area contributed by atoms with Crippen LogP contribution in [0.3, 0.4) is 0 Å². The van der Waals surface area contributed by atoms with E-state index in [4.69, 9.17) is 11.6 Å². The van der Waals surface area contributed by atoms with E-state index in [1.807, 2.05) is 0 Å². The molecule has 21 heavy (non-hydrogen) atoms. The van der Waals surface area contributed by atoms with Crippen molar-refractivity contribution in [2.75, 3.05) is 5.32 Å². The lowest BCUT2D eigenvalue weighted by atomic mass is 10.2. The zero-order valence-corrected chi connectivity index (χ0v) is 12.9. The van der Waals surface area contributed by atoms with Crippen LogP contribution in [-0.2, 0) is 6.54 Å².